The summed E-state index contributed by atoms with van der Waals surface area (Å²) in [6.45, 7) is 0. The number of nitrogens with zero attached hydrogens (tertiary/aromatic N) is 4. The zero-order valence-corrected chi connectivity index (χ0v) is 13.3. The van der Waals surface area contributed by atoms with Gasteiger partial charge in [0.2, 0.25) is 0 Å². The summed E-state index contributed by atoms with van der Waals surface area (Å²) in [4.78, 5) is 17.6. The molecule has 0 spiro atoms. The third-order valence-electron chi connectivity index (χ3n) is 3.50. The van der Waals surface area contributed by atoms with Gasteiger partial charge in [-0.15, -0.1) is 0 Å². The highest BCUT2D eigenvalue weighted by Crippen LogP contribution is 2.27. The average molecular weight is 334 g/mol. The Bertz CT molecular complexity index is 1000. The van der Waals surface area contributed by atoms with Gasteiger partial charge in [-0.05, 0) is 36.4 Å². The van der Waals surface area contributed by atoms with Gasteiger partial charge in [0, 0.05) is 34.9 Å². The van der Waals surface area contributed by atoms with E-state index in [-0.39, 0.29) is 0 Å². The molecule has 5 nitrogen and oxygen atoms in total. The number of aromatic nitrogens is 4. The van der Waals surface area contributed by atoms with Gasteiger partial charge in [0.05, 0.1) is 5.39 Å². The summed E-state index contributed by atoms with van der Waals surface area (Å²) in [6, 6.07) is 15.0. The number of hydrogen-bond donors (Lipinski definition) is 1. The predicted octanol–water partition coefficient (Wildman–Crippen LogP) is 4.48. The van der Waals surface area contributed by atoms with Crippen LogP contribution in [0.25, 0.3) is 22.4 Å². The molecule has 0 aliphatic heterocycles. The largest absolute Gasteiger partial charge is 0.339 e. The van der Waals surface area contributed by atoms with Gasteiger partial charge >= 0.3 is 0 Å². The van der Waals surface area contributed by atoms with Crippen LogP contribution in [0.2, 0.25) is 5.02 Å². The molecular formula is C18H12ClN5. The van der Waals surface area contributed by atoms with Crippen LogP contribution in [0.4, 0.5) is 11.5 Å². The van der Waals surface area contributed by atoms with Gasteiger partial charge < -0.3 is 5.32 Å². The molecule has 0 saturated heterocycles. The van der Waals surface area contributed by atoms with E-state index < -0.39 is 0 Å². The molecule has 1 N–H and O–H groups in total. The third kappa shape index (κ3) is 2.89. The van der Waals surface area contributed by atoms with E-state index in [1.54, 1.807) is 18.6 Å². The van der Waals surface area contributed by atoms with Crippen LogP contribution < -0.4 is 5.32 Å². The van der Waals surface area contributed by atoms with Crippen LogP contribution in [0.5, 0.6) is 0 Å². The number of anilines is 2. The van der Waals surface area contributed by atoms with Crippen molar-refractivity contribution in [2.24, 2.45) is 0 Å². The fraction of sp³-hybridized carbons (Fsp3) is 0. The van der Waals surface area contributed by atoms with E-state index in [1.807, 2.05) is 48.5 Å². The maximum absolute atomic E-state index is 6.09. The van der Waals surface area contributed by atoms with Gasteiger partial charge in [-0.3, -0.25) is 4.98 Å². The smallest absolute Gasteiger partial charge is 0.165 e. The monoisotopic (exact) mass is 333 g/mol. The molecule has 116 valence electrons. The Morgan fingerprint density at radius 2 is 1.75 bits per heavy atom. The molecule has 0 aliphatic carbocycles. The van der Waals surface area contributed by atoms with Gasteiger partial charge in [-0.2, -0.15) is 0 Å². The highest BCUT2D eigenvalue weighted by molar-refractivity contribution is 6.30. The minimum atomic E-state index is 0.570. The topological polar surface area (TPSA) is 63.6 Å². The molecule has 1 aromatic carbocycles. The van der Waals surface area contributed by atoms with Gasteiger partial charge in [0.15, 0.2) is 11.5 Å². The van der Waals surface area contributed by atoms with E-state index in [1.165, 1.54) is 0 Å². The molecule has 3 heterocycles. The van der Waals surface area contributed by atoms with E-state index in [0.29, 0.717) is 22.3 Å². The van der Waals surface area contributed by atoms with Crippen LogP contribution >= 0.6 is 11.6 Å². The van der Waals surface area contributed by atoms with Crippen LogP contribution in [-0.4, -0.2) is 19.9 Å². The number of rotatable bonds is 3. The van der Waals surface area contributed by atoms with Crippen molar-refractivity contribution in [2.75, 3.05) is 5.32 Å². The Hall–Kier alpha value is -3.05. The Kier molecular flexibility index (Phi) is 3.76. The van der Waals surface area contributed by atoms with E-state index in [2.05, 4.69) is 25.3 Å². The Morgan fingerprint density at radius 1 is 0.875 bits per heavy atom. The lowest BCUT2D eigenvalue weighted by Gasteiger charge is -2.10. The quantitative estimate of drug-likeness (QED) is 0.598. The van der Waals surface area contributed by atoms with Crippen molar-refractivity contribution in [3.63, 3.8) is 0 Å². The molecule has 4 rings (SSSR count). The van der Waals surface area contributed by atoms with Gasteiger partial charge in [-0.1, -0.05) is 23.7 Å². The first-order valence-electron chi connectivity index (χ1n) is 7.35. The maximum Gasteiger partial charge on any atom is 0.165 e. The van der Waals surface area contributed by atoms with E-state index >= 15 is 0 Å². The molecule has 24 heavy (non-hydrogen) atoms. The average Bonchev–Trinajstić information content (AvgIpc) is 2.62. The number of hydrogen-bond acceptors (Lipinski definition) is 5. The molecule has 0 bridgehead atoms. The summed E-state index contributed by atoms with van der Waals surface area (Å²) in [5, 5.41) is 4.79. The number of halogens is 1. The van der Waals surface area contributed by atoms with Crippen molar-refractivity contribution < 1.29 is 0 Å². The Morgan fingerprint density at radius 3 is 2.58 bits per heavy atom. The van der Waals surface area contributed by atoms with Crippen molar-refractivity contribution >= 4 is 34.1 Å². The first-order chi connectivity index (χ1) is 11.8. The van der Waals surface area contributed by atoms with Crippen LogP contribution in [0.3, 0.4) is 0 Å². The van der Waals surface area contributed by atoms with E-state index in [4.69, 9.17) is 11.6 Å². The second-order valence-corrected chi connectivity index (χ2v) is 5.58. The summed E-state index contributed by atoms with van der Waals surface area (Å²) in [7, 11) is 0. The minimum Gasteiger partial charge on any atom is -0.339 e. The standard InChI is InChI=1S/C18H12ClN5/c19-13-4-1-3-12(11-13)16-23-17-15(5-2-8-21-17)18(24-16)22-14-6-9-20-10-7-14/h1-11H,(H,20,21,22,23,24). The Labute approximate surface area is 143 Å². The normalized spacial score (nSPS) is 10.7. The summed E-state index contributed by atoms with van der Waals surface area (Å²) in [5.74, 6) is 1.26. The summed E-state index contributed by atoms with van der Waals surface area (Å²) in [6.07, 6.45) is 5.16. The third-order valence-corrected chi connectivity index (χ3v) is 3.73. The molecule has 0 amide bonds. The van der Waals surface area contributed by atoms with E-state index in [9.17, 15) is 0 Å². The highest BCUT2D eigenvalue weighted by atomic mass is 35.5. The second kappa shape index (κ2) is 6.22. The highest BCUT2D eigenvalue weighted by Gasteiger charge is 2.10. The fourth-order valence-corrected chi connectivity index (χ4v) is 2.58. The SMILES string of the molecule is Clc1cccc(-c2nc(Nc3ccncc3)c3cccnc3n2)c1. The first kappa shape index (κ1) is 14.5. The molecule has 0 radical (unpaired) electrons. The van der Waals surface area contributed by atoms with Gasteiger partial charge in [0.1, 0.15) is 5.82 Å². The molecule has 0 fully saturated rings. The van der Waals surface area contributed by atoms with Gasteiger partial charge in [-0.25, -0.2) is 15.0 Å². The van der Waals surface area contributed by atoms with E-state index in [0.717, 1.165) is 16.6 Å². The maximum atomic E-state index is 6.09. The van der Waals surface area contributed by atoms with Gasteiger partial charge in [0.25, 0.3) is 0 Å². The molecular weight excluding hydrogens is 322 g/mol. The molecule has 0 saturated carbocycles. The Balaban J connectivity index is 1.88. The number of benzene rings is 1. The summed E-state index contributed by atoms with van der Waals surface area (Å²) >= 11 is 6.09. The van der Waals surface area contributed by atoms with Crippen LogP contribution in [-0.2, 0) is 0 Å². The number of pyridine rings is 2. The fourth-order valence-electron chi connectivity index (χ4n) is 2.39. The lowest BCUT2D eigenvalue weighted by molar-refractivity contribution is 1.18. The lowest BCUT2D eigenvalue weighted by Crippen LogP contribution is -2.00. The summed E-state index contributed by atoms with van der Waals surface area (Å²) < 4.78 is 0. The second-order valence-electron chi connectivity index (χ2n) is 5.14. The van der Waals surface area contributed by atoms with Crippen molar-refractivity contribution in [3.8, 4) is 11.4 Å². The minimum absolute atomic E-state index is 0.570. The number of fused-ring (bicyclic) bond motifs is 1. The zero-order valence-electron chi connectivity index (χ0n) is 12.5. The van der Waals surface area contributed by atoms with Crippen LogP contribution in [0.15, 0.2) is 67.1 Å². The van der Waals surface area contributed by atoms with Crippen LogP contribution in [0, 0.1) is 0 Å². The zero-order chi connectivity index (χ0) is 16.4. The summed E-state index contributed by atoms with van der Waals surface area (Å²) in [5.41, 5.74) is 2.36. The molecule has 4 aromatic rings. The van der Waals surface area contributed by atoms with Crippen molar-refractivity contribution in [1.82, 2.24) is 19.9 Å². The van der Waals surface area contributed by atoms with Crippen LogP contribution in [0.1, 0.15) is 0 Å². The predicted molar refractivity (Wildman–Crippen MR) is 95.3 cm³/mol. The molecule has 0 aliphatic rings. The van der Waals surface area contributed by atoms with Crippen molar-refractivity contribution in [2.45, 2.75) is 0 Å². The molecule has 6 heteroatoms. The first-order valence-corrected chi connectivity index (χ1v) is 7.73. The molecule has 3 aromatic heterocycles. The van der Waals surface area contributed by atoms with Crippen molar-refractivity contribution in [1.29, 1.82) is 0 Å². The molecule has 0 atom stereocenters. The molecule has 0 unspecified atom stereocenters. The number of nitrogens with one attached hydrogen (secondary N) is 1. The lowest BCUT2D eigenvalue weighted by atomic mass is 10.2. The van der Waals surface area contributed by atoms with Crippen molar-refractivity contribution in [3.05, 3.63) is 72.1 Å².